The molecular weight excluding hydrogens is 290 g/mol. The van der Waals surface area contributed by atoms with Gasteiger partial charge in [0, 0.05) is 12.0 Å². The Morgan fingerprint density at radius 1 is 1.36 bits per heavy atom. The van der Waals surface area contributed by atoms with Gasteiger partial charge < -0.3 is 19.5 Å². The Bertz CT molecular complexity index is 598. The maximum Gasteiger partial charge on any atom is 0.328 e. The van der Waals surface area contributed by atoms with Crippen LogP contribution >= 0.6 is 0 Å². The van der Waals surface area contributed by atoms with Crippen LogP contribution < -0.4 is 14.8 Å². The first kappa shape index (κ1) is 15.8. The number of carbonyl (C=O) groups is 3. The van der Waals surface area contributed by atoms with Gasteiger partial charge in [-0.2, -0.15) is 0 Å². The van der Waals surface area contributed by atoms with E-state index in [1.54, 1.807) is 18.2 Å². The van der Waals surface area contributed by atoms with Gasteiger partial charge in [0.25, 0.3) is 5.91 Å². The molecule has 0 bridgehead atoms. The van der Waals surface area contributed by atoms with E-state index in [-0.39, 0.29) is 12.4 Å². The molecule has 1 aromatic carbocycles. The number of rotatable bonds is 6. The zero-order valence-corrected chi connectivity index (χ0v) is 12.4. The number of amides is 1. The van der Waals surface area contributed by atoms with Crippen molar-refractivity contribution in [3.8, 4) is 11.5 Å². The second-order valence-electron chi connectivity index (χ2n) is 4.79. The van der Waals surface area contributed by atoms with Crippen molar-refractivity contribution in [2.24, 2.45) is 0 Å². The number of ether oxygens (including phenoxy) is 3. The molecule has 1 aliphatic heterocycles. The zero-order chi connectivity index (χ0) is 16.1. The number of cyclic esters (lactones) is 1. The lowest BCUT2D eigenvalue weighted by molar-refractivity contribution is -0.141. The third-order valence-electron chi connectivity index (χ3n) is 3.20. The van der Waals surface area contributed by atoms with Crippen molar-refractivity contribution < 1.29 is 28.6 Å². The molecule has 0 aromatic heterocycles. The first-order chi connectivity index (χ1) is 10.5. The Balaban J connectivity index is 1.94. The summed E-state index contributed by atoms with van der Waals surface area (Å²) in [6.07, 6.45) is 0.460. The number of carbonyl (C=O) groups excluding carboxylic acids is 3. The maximum absolute atomic E-state index is 11.8. The van der Waals surface area contributed by atoms with E-state index in [1.807, 2.05) is 0 Å². The van der Waals surface area contributed by atoms with E-state index < -0.39 is 17.9 Å². The quantitative estimate of drug-likeness (QED) is 0.615. The number of methoxy groups -OCH3 is 1. The van der Waals surface area contributed by atoms with Crippen LogP contribution in [0.25, 0.3) is 0 Å². The minimum Gasteiger partial charge on any atom is -0.493 e. The minimum atomic E-state index is -0.613. The third-order valence-corrected chi connectivity index (χ3v) is 3.20. The van der Waals surface area contributed by atoms with E-state index in [9.17, 15) is 14.4 Å². The monoisotopic (exact) mass is 307 g/mol. The van der Waals surface area contributed by atoms with Crippen LogP contribution in [0.5, 0.6) is 11.5 Å². The minimum absolute atomic E-state index is 0.0951. The summed E-state index contributed by atoms with van der Waals surface area (Å²) >= 11 is 0. The smallest absolute Gasteiger partial charge is 0.328 e. The number of hydrogen-bond acceptors (Lipinski definition) is 6. The fraction of sp³-hybridized carbons (Fsp3) is 0.400. The number of hydrogen-bond donors (Lipinski definition) is 1. The molecule has 2 rings (SSSR count). The highest BCUT2D eigenvalue weighted by molar-refractivity contribution is 5.94. The van der Waals surface area contributed by atoms with E-state index in [4.69, 9.17) is 14.2 Å². The lowest BCUT2D eigenvalue weighted by atomic mass is 10.1. The lowest BCUT2D eigenvalue weighted by Crippen LogP contribution is -2.40. The number of ketones is 1. The average molecular weight is 307 g/mol. The van der Waals surface area contributed by atoms with Gasteiger partial charge in [0.15, 0.2) is 23.9 Å². The molecule has 0 saturated carbocycles. The SMILES string of the molecule is COc1cc(C(C)=O)ccc1OCC(=O)N[C@H]1CCOC1=O. The predicted octanol–water partition coefficient (Wildman–Crippen LogP) is 0.708. The standard InChI is InChI=1S/C15H17NO6/c1-9(17)10-3-4-12(13(7-10)20-2)22-8-14(18)16-11-5-6-21-15(11)19/h3-4,7,11H,5-6,8H2,1-2H3,(H,16,18)/t11-/m0/s1. The van der Waals surface area contributed by atoms with Crippen molar-refractivity contribution in [1.29, 1.82) is 0 Å². The molecule has 0 unspecified atom stereocenters. The molecule has 1 saturated heterocycles. The zero-order valence-electron chi connectivity index (χ0n) is 12.4. The fourth-order valence-electron chi connectivity index (χ4n) is 2.01. The number of benzene rings is 1. The highest BCUT2D eigenvalue weighted by Gasteiger charge is 2.27. The van der Waals surface area contributed by atoms with Gasteiger partial charge in [-0.3, -0.25) is 9.59 Å². The molecular formula is C15H17NO6. The summed E-state index contributed by atoms with van der Waals surface area (Å²) in [7, 11) is 1.45. The van der Waals surface area contributed by atoms with Crippen LogP contribution in [-0.4, -0.2) is 44.0 Å². The Morgan fingerprint density at radius 2 is 2.14 bits per heavy atom. The predicted molar refractivity (Wildman–Crippen MR) is 76.0 cm³/mol. The molecule has 7 heteroatoms. The van der Waals surface area contributed by atoms with Crippen molar-refractivity contribution in [3.05, 3.63) is 23.8 Å². The Kier molecular flexibility index (Phi) is 4.98. The summed E-state index contributed by atoms with van der Waals surface area (Å²) in [6, 6.07) is 4.08. The molecule has 0 aliphatic carbocycles. The van der Waals surface area contributed by atoms with E-state index in [1.165, 1.54) is 14.0 Å². The highest BCUT2D eigenvalue weighted by atomic mass is 16.5. The van der Waals surface area contributed by atoms with Gasteiger partial charge in [0.05, 0.1) is 13.7 Å². The van der Waals surface area contributed by atoms with Gasteiger partial charge in [0.1, 0.15) is 6.04 Å². The normalized spacial score (nSPS) is 16.8. The summed E-state index contributed by atoms with van der Waals surface area (Å²) in [5, 5.41) is 2.53. The van der Waals surface area contributed by atoms with Crippen LogP contribution in [0, 0.1) is 0 Å². The van der Waals surface area contributed by atoms with Crippen molar-refractivity contribution in [2.45, 2.75) is 19.4 Å². The topological polar surface area (TPSA) is 90.9 Å². The fourth-order valence-corrected chi connectivity index (χ4v) is 2.01. The molecule has 118 valence electrons. The van der Waals surface area contributed by atoms with Crippen LogP contribution in [0.4, 0.5) is 0 Å². The first-order valence-corrected chi connectivity index (χ1v) is 6.79. The average Bonchev–Trinajstić information content (AvgIpc) is 2.90. The summed E-state index contributed by atoms with van der Waals surface area (Å²) in [5.41, 5.74) is 0.488. The van der Waals surface area contributed by atoms with Gasteiger partial charge in [-0.05, 0) is 25.1 Å². The molecule has 1 fully saturated rings. The van der Waals surface area contributed by atoms with Crippen LogP contribution in [0.2, 0.25) is 0 Å². The second-order valence-corrected chi connectivity index (χ2v) is 4.79. The summed E-state index contributed by atoms with van der Waals surface area (Å²) in [6.45, 7) is 1.49. The van der Waals surface area contributed by atoms with E-state index in [0.717, 1.165) is 0 Å². The third kappa shape index (κ3) is 3.75. The van der Waals surface area contributed by atoms with Crippen LogP contribution in [-0.2, 0) is 14.3 Å². The van der Waals surface area contributed by atoms with Crippen molar-refractivity contribution in [3.63, 3.8) is 0 Å². The van der Waals surface area contributed by atoms with Gasteiger partial charge in [0.2, 0.25) is 0 Å². The van der Waals surface area contributed by atoms with E-state index in [0.29, 0.717) is 30.1 Å². The van der Waals surface area contributed by atoms with Gasteiger partial charge >= 0.3 is 5.97 Å². The van der Waals surface area contributed by atoms with Crippen LogP contribution in [0.1, 0.15) is 23.7 Å². The Labute approximate surface area is 127 Å². The van der Waals surface area contributed by atoms with Crippen LogP contribution in [0.3, 0.4) is 0 Å². The molecule has 1 atom stereocenters. The number of nitrogens with one attached hydrogen (secondary N) is 1. The molecule has 1 heterocycles. The number of esters is 1. The van der Waals surface area contributed by atoms with Gasteiger partial charge in [-0.25, -0.2) is 4.79 Å². The first-order valence-electron chi connectivity index (χ1n) is 6.79. The summed E-state index contributed by atoms with van der Waals surface area (Å²) in [5.74, 6) is -0.252. The largest absolute Gasteiger partial charge is 0.493 e. The lowest BCUT2D eigenvalue weighted by Gasteiger charge is -2.12. The maximum atomic E-state index is 11.8. The van der Waals surface area contributed by atoms with Crippen molar-refractivity contribution >= 4 is 17.7 Å². The van der Waals surface area contributed by atoms with E-state index in [2.05, 4.69) is 5.32 Å². The van der Waals surface area contributed by atoms with Gasteiger partial charge in [-0.1, -0.05) is 0 Å². The Morgan fingerprint density at radius 3 is 2.73 bits per heavy atom. The highest BCUT2D eigenvalue weighted by Crippen LogP contribution is 2.28. The molecule has 1 aliphatic rings. The molecule has 0 spiro atoms. The molecule has 1 N–H and O–H groups in total. The summed E-state index contributed by atoms with van der Waals surface area (Å²) in [4.78, 5) is 34.3. The van der Waals surface area contributed by atoms with Crippen LogP contribution in [0.15, 0.2) is 18.2 Å². The number of Topliss-reactive ketones (excluding diaryl/α,β-unsaturated/α-hetero) is 1. The molecule has 1 amide bonds. The Hall–Kier alpha value is -2.57. The molecule has 0 radical (unpaired) electrons. The van der Waals surface area contributed by atoms with Crippen molar-refractivity contribution in [2.75, 3.05) is 20.3 Å². The van der Waals surface area contributed by atoms with Gasteiger partial charge in [-0.15, -0.1) is 0 Å². The molecule has 22 heavy (non-hydrogen) atoms. The van der Waals surface area contributed by atoms with Crippen molar-refractivity contribution in [1.82, 2.24) is 5.32 Å². The van der Waals surface area contributed by atoms with E-state index >= 15 is 0 Å². The summed E-state index contributed by atoms with van der Waals surface area (Å²) < 4.78 is 15.3. The molecule has 1 aromatic rings. The molecule has 7 nitrogen and oxygen atoms in total. The second kappa shape index (κ2) is 6.93.